The van der Waals surface area contributed by atoms with E-state index in [1.165, 1.54) is 13.0 Å². The largest absolute Gasteiger partial charge is 0.341 e. The first-order chi connectivity index (χ1) is 10.3. The van der Waals surface area contributed by atoms with Crippen molar-refractivity contribution >= 4 is 11.6 Å². The molecule has 1 aromatic heterocycles. The molecule has 22 heavy (non-hydrogen) atoms. The van der Waals surface area contributed by atoms with Crippen LogP contribution in [0.5, 0.6) is 0 Å². The Hall–Kier alpha value is -2.18. The Morgan fingerprint density at radius 1 is 1.36 bits per heavy atom. The van der Waals surface area contributed by atoms with Crippen molar-refractivity contribution < 1.29 is 9.72 Å². The van der Waals surface area contributed by atoms with Crippen LogP contribution in [0.4, 0.5) is 5.69 Å². The molecule has 1 aromatic rings. The second-order valence-electron chi connectivity index (χ2n) is 6.31. The van der Waals surface area contributed by atoms with Gasteiger partial charge in [0.05, 0.1) is 11.1 Å². The first-order valence-electron chi connectivity index (χ1n) is 7.41. The number of carbonyl (C=O) groups is 1. The molecule has 0 spiro atoms. The van der Waals surface area contributed by atoms with Gasteiger partial charge in [0.25, 0.3) is 11.2 Å². The summed E-state index contributed by atoms with van der Waals surface area (Å²) in [5.74, 6) is 0.687. The van der Waals surface area contributed by atoms with Gasteiger partial charge in [-0.3, -0.25) is 24.3 Å². The van der Waals surface area contributed by atoms with Gasteiger partial charge in [-0.05, 0) is 25.2 Å². The van der Waals surface area contributed by atoms with E-state index in [-0.39, 0.29) is 18.1 Å². The van der Waals surface area contributed by atoms with Crippen molar-refractivity contribution in [1.29, 1.82) is 0 Å². The Balaban J connectivity index is 2.20. The van der Waals surface area contributed by atoms with Crippen LogP contribution in [0.2, 0.25) is 0 Å². The fourth-order valence-electron chi connectivity index (χ4n) is 3.08. The molecule has 2 rings (SSSR count). The van der Waals surface area contributed by atoms with Gasteiger partial charge in [0.2, 0.25) is 5.91 Å². The Kier molecular flexibility index (Phi) is 4.63. The summed E-state index contributed by atoms with van der Waals surface area (Å²) >= 11 is 0. The summed E-state index contributed by atoms with van der Waals surface area (Å²) in [5, 5.41) is 11.0. The van der Waals surface area contributed by atoms with Crippen LogP contribution in [0, 0.1) is 28.9 Å². The Labute approximate surface area is 128 Å². The lowest BCUT2D eigenvalue weighted by Crippen LogP contribution is -2.44. The quantitative estimate of drug-likeness (QED) is 0.626. The number of aryl methyl sites for hydroxylation is 1. The van der Waals surface area contributed by atoms with E-state index in [9.17, 15) is 19.7 Å². The molecular weight excluding hydrogens is 286 g/mol. The number of aromatic nitrogens is 1. The molecule has 2 heterocycles. The normalized spacial score (nSPS) is 21.7. The summed E-state index contributed by atoms with van der Waals surface area (Å²) in [6, 6.07) is 1.20. The summed E-state index contributed by atoms with van der Waals surface area (Å²) < 4.78 is 1.12. The number of piperidine rings is 1. The molecular formula is C15H21N3O4. The number of nitrogens with zero attached hydrogens (tertiary/aromatic N) is 3. The number of carbonyl (C=O) groups excluding carboxylic acids is 1. The molecule has 7 nitrogen and oxygen atoms in total. The van der Waals surface area contributed by atoms with Gasteiger partial charge < -0.3 is 4.90 Å². The zero-order chi connectivity index (χ0) is 16.4. The van der Waals surface area contributed by atoms with Crippen LogP contribution in [0.25, 0.3) is 0 Å². The molecule has 0 aromatic carbocycles. The molecule has 2 unspecified atom stereocenters. The molecule has 0 saturated carbocycles. The van der Waals surface area contributed by atoms with E-state index in [0.717, 1.165) is 17.2 Å². The van der Waals surface area contributed by atoms with Gasteiger partial charge in [0.15, 0.2) is 0 Å². The summed E-state index contributed by atoms with van der Waals surface area (Å²) in [7, 11) is 0. The topological polar surface area (TPSA) is 85.5 Å². The first-order valence-corrected chi connectivity index (χ1v) is 7.41. The van der Waals surface area contributed by atoms with Crippen molar-refractivity contribution in [3.05, 3.63) is 38.3 Å². The van der Waals surface area contributed by atoms with Crippen molar-refractivity contribution in [2.45, 2.75) is 33.7 Å². The van der Waals surface area contributed by atoms with E-state index >= 15 is 0 Å². The minimum Gasteiger partial charge on any atom is -0.341 e. The third kappa shape index (κ3) is 3.52. The van der Waals surface area contributed by atoms with Crippen LogP contribution in [0.1, 0.15) is 25.8 Å². The van der Waals surface area contributed by atoms with Gasteiger partial charge in [0, 0.05) is 24.7 Å². The lowest BCUT2D eigenvalue weighted by atomic mass is 9.92. The Morgan fingerprint density at radius 3 is 2.50 bits per heavy atom. The lowest BCUT2D eigenvalue weighted by molar-refractivity contribution is -0.385. The highest BCUT2D eigenvalue weighted by molar-refractivity contribution is 5.76. The maximum atomic E-state index is 12.4. The maximum Gasteiger partial charge on any atom is 0.288 e. The average molecular weight is 307 g/mol. The molecule has 1 aliphatic rings. The average Bonchev–Trinajstić information content (AvgIpc) is 2.40. The van der Waals surface area contributed by atoms with Crippen LogP contribution in [-0.2, 0) is 11.3 Å². The molecule has 120 valence electrons. The van der Waals surface area contributed by atoms with Gasteiger partial charge in [-0.1, -0.05) is 13.8 Å². The fraction of sp³-hybridized carbons (Fsp3) is 0.600. The number of amides is 1. The van der Waals surface area contributed by atoms with E-state index in [0.29, 0.717) is 30.5 Å². The van der Waals surface area contributed by atoms with Gasteiger partial charge >= 0.3 is 0 Å². The SMILES string of the molecule is Cc1cc(=O)n(CC(=O)N2CC(C)CC(C)C2)cc1[N+](=O)[O-]. The van der Waals surface area contributed by atoms with Gasteiger partial charge in [0.1, 0.15) is 6.54 Å². The fourth-order valence-corrected chi connectivity index (χ4v) is 3.08. The standard InChI is InChI=1S/C15H21N3O4/c1-10-4-11(2)7-16(6-10)15(20)9-17-8-13(18(21)22)12(3)5-14(17)19/h5,8,10-11H,4,6-7,9H2,1-3H3. The van der Waals surface area contributed by atoms with Crippen LogP contribution in [0.3, 0.4) is 0 Å². The molecule has 0 aliphatic carbocycles. The molecule has 0 bridgehead atoms. The number of nitro groups is 1. The van der Waals surface area contributed by atoms with Crippen molar-refractivity contribution in [3.8, 4) is 0 Å². The third-order valence-electron chi connectivity index (χ3n) is 4.03. The number of rotatable bonds is 3. The summed E-state index contributed by atoms with van der Waals surface area (Å²) in [6.45, 7) is 6.90. The first kappa shape index (κ1) is 16.2. The van der Waals surface area contributed by atoms with E-state index in [1.54, 1.807) is 4.90 Å². The molecule has 1 amide bonds. The summed E-state index contributed by atoms with van der Waals surface area (Å²) in [6.07, 6.45) is 2.24. The Morgan fingerprint density at radius 2 is 1.95 bits per heavy atom. The van der Waals surface area contributed by atoms with Crippen LogP contribution < -0.4 is 5.56 Å². The second-order valence-corrected chi connectivity index (χ2v) is 6.31. The predicted molar refractivity (Wildman–Crippen MR) is 81.6 cm³/mol. The van der Waals surface area contributed by atoms with Crippen molar-refractivity contribution in [3.63, 3.8) is 0 Å². The molecule has 0 N–H and O–H groups in total. The zero-order valence-electron chi connectivity index (χ0n) is 13.1. The van der Waals surface area contributed by atoms with E-state index in [2.05, 4.69) is 13.8 Å². The van der Waals surface area contributed by atoms with E-state index in [4.69, 9.17) is 0 Å². The van der Waals surface area contributed by atoms with Crippen molar-refractivity contribution in [1.82, 2.24) is 9.47 Å². The molecule has 1 aliphatic heterocycles. The van der Waals surface area contributed by atoms with Gasteiger partial charge in [-0.2, -0.15) is 0 Å². The predicted octanol–water partition coefficient (Wildman–Crippen LogP) is 1.57. The summed E-state index contributed by atoms with van der Waals surface area (Å²) in [4.78, 5) is 36.5. The Bertz CT molecular complexity index is 643. The number of likely N-dealkylation sites (tertiary alicyclic amines) is 1. The van der Waals surface area contributed by atoms with Crippen molar-refractivity contribution in [2.75, 3.05) is 13.1 Å². The molecule has 1 saturated heterocycles. The highest BCUT2D eigenvalue weighted by Crippen LogP contribution is 2.21. The molecule has 0 radical (unpaired) electrons. The van der Waals surface area contributed by atoms with Crippen LogP contribution >= 0.6 is 0 Å². The second kappa shape index (κ2) is 6.29. The number of hydrogen-bond acceptors (Lipinski definition) is 4. The molecule has 1 fully saturated rings. The van der Waals surface area contributed by atoms with E-state index < -0.39 is 10.5 Å². The highest BCUT2D eigenvalue weighted by Gasteiger charge is 2.26. The van der Waals surface area contributed by atoms with Gasteiger partial charge in [-0.25, -0.2) is 0 Å². The smallest absolute Gasteiger partial charge is 0.288 e. The van der Waals surface area contributed by atoms with Crippen molar-refractivity contribution in [2.24, 2.45) is 11.8 Å². The highest BCUT2D eigenvalue weighted by atomic mass is 16.6. The van der Waals surface area contributed by atoms with E-state index in [1.807, 2.05) is 0 Å². The maximum absolute atomic E-state index is 12.4. The number of pyridine rings is 1. The number of hydrogen-bond donors (Lipinski definition) is 0. The monoisotopic (exact) mass is 307 g/mol. The third-order valence-corrected chi connectivity index (χ3v) is 4.03. The minimum absolute atomic E-state index is 0.146. The lowest BCUT2D eigenvalue weighted by Gasteiger charge is -2.35. The molecule has 2 atom stereocenters. The summed E-state index contributed by atoms with van der Waals surface area (Å²) in [5.41, 5.74) is -0.235. The van der Waals surface area contributed by atoms with Crippen LogP contribution in [-0.4, -0.2) is 33.4 Å². The molecule has 7 heteroatoms. The van der Waals surface area contributed by atoms with Crippen LogP contribution in [0.15, 0.2) is 17.1 Å². The minimum atomic E-state index is -0.541. The van der Waals surface area contributed by atoms with Gasteiger partial charge in [-0.15, -0.1) is 0 Å². The zero-order valence-corrected chi connectivity index (χ0v) is 13.1.